The first-order chi connectivity index (χ1) is 16.1. The van der Waals surface area contributed by atoms with Gasteiger partial charge in [0.15, 0.2) is 0 Å². The van der Waals surface area contributed by atoms with Crippen molar-refractivity contribution in [2.45, 2.75) is 32.4 Å². The SMILES string of the molecule is CC(=O)NC1CCN(Cc2ccc3cc(Oc4ccc(-c5cc[nH]n5)cn4)ccc3n2)CC1. The maximum Gasteiger partial charge on any atom is 0.219 e. The van der Waals surface area contributed by atoms with E-state index in [9.17, 15) is 4.79 Å². The Bertz CT molecular complexity index is 1230. The van der Waals surface area contributed by atoms with Crippen LogP contribution in [0.2, 0.25) is 0 Å². The molecule has 0 radical (unpaired) electrons. The number of H-pyrrole nitrogens is 1. The fourth-order valence-electron chi connectivity index (χ4n) is 4.18. The molecule has 1 aromatic carbocycles. The Balaban J connectivity index is 1.22. The number of hydrogen-bond acceptors (Lipinski definition) is 6. The fourth-order valence-corrected chi connectivity index (χ4v) is 4.18. The van der Waals surface area contributed by atoms with E-state index in [1.165, 1.54) is 0 Å². The van der Waals surface area contributed by atoms with Crippen LogP contribution in [0.25, 0.3) is 22.2 Å². The number of nitrogens with one attached hydrogen (secondary N) is 2. The van der Waals surface area contributed by atoms with Crippen LogP contribution in [-0.4, -0.2) is 50.1 Å². The third kappa shape index (κ3) is 5.18. The van der Waals surface area contributed by atoms with Crippen molar-refractivity contribution in [1.29, 1.82) is 0 Å². The summed E-state index contributed by atoms with van der Waals surface area (Å²) in [6.45, 7) is 4.32. The molecular weight excluding hydrogens is 416 g/mol. The summed E-state index contributed by atoms with van der Waals surface area (Å²) >= 11 is 0. The molecule has 2 N–H and O–H groups in total. The number of rotatable bonds is 6. The summed E-state index contributed by atoms with van der Waals surface area (Å²) in [5, 5.41) is 11.0. The Hall–Kier alpha value is -3.78. The maximum atomic E-state index is 11.2. The number of likely N-dealkylation sites (tertiary alicyclic amines) is 1. The summed E-state index contributed by atoms with van der Waals surface area (Å²) in [4.78, 5) is 22.9. The number of benzene rings is 1. The molecule has 1 fully saturated rings. The monoisotopic (exact) mass is 442 g/mol. The highest BCUT2D eigenvalue weighted by Gasteiger charge is 2.20. The van der Waals surface area contributed by atoms with Crippen LogP contribution in [0.4, 0.5) is 0 Å². The van der Waals surface area contributed by atoms with Gasteiger partial charge >= 0.3 is 0 Å². The standard InChI is InChI=1S/C25H26N6O2/c1-17(32)28-20-9-12-31(13-10-20)16-21-4-2-18-14-22(5-6-23(18)29-21)33-25-7-3-19(15-26-25)24-8-11-27-30-24/h2-8,11,14-15,20H,9-10,12-13,16H2,1H3,(H,27,30)(H,28,32). The van der Waals surface area contributed by atoms with Crippen molar-refractivity contribution in [2.24, 2.45) is 0 Å². The second-order valence-electron chi connectivity index (χ2n) is 8.35. The highest BCUT2D eigenvalue weighted by Crippen LogP contribution is 2.26. The molecule has 0 atom stereocenters. The number of nitrogens with zero attached hydrogens (tertiary/aromatic N) is 4. The van der Waals surface area contributed by atoms with Crippen LogP contribution in [0.15, 0.2) is 60.9 Å². The molecule has 0 aliphatic carbocycles. The van der Waals surface area contributed by atoms with Crippen molar-refractivity contribution >= 4 is 16.8 Å². The number of piperidine rings is 1. The number of fused-ring (bicyclic) bond motifs is 1. The molecule has 168 valence electrons. The number of aromatic amines is 1. The number of ether oxygens (including phenoxy) is 1. The molecule has 1 aliphatic rings. The lowest BCUT2D eigenvalue weighted by Crippen LogP contribution is -2.43. The maximum absolute atomic E-state index is 11.2. The van der Waals surface area contributed by atoms with E-state index >= 15 is 0 Å². The van der Waals surface area contributed by atoms with E-state index in [1.54, 1.807) is 19.3 Å². The van der Waals surface area contributed by atoms with Crippen LogP contribution in [-0.2, 0) is 11.3 Å². The minimum Gasteiger partial charge on any atom is -0.439 e. The molecule has 8 heteroatoms. The number of hydrogen-bond donors (Lipinski definition) is 2. The predicted octanol–water partition coefficient (Wildman–Crippen LogP) is 3.91. The Morgan fingerprint density at radius 1 is 1.15 bits per heavy atom. The third-order valence-electron chi connectivity index (χ3n) is 5.85. The first-order valence-corrected chi connectivity index (χ1v) is 11.2. The highest BCUT2D eigenvalue weighted by molar-refractivity contribution is 5.80. The number of carbonyl (C=O) groups is 1. The minimum atomic E-state index is 0.0507. The molecule has 0 saturated carbocycles. The van der Waals surface area contributed by atoms with E-state index in [0.717, 1.165) is 66.1 Å². The number of pyridine rings is 2. The van der Waals surface area contributed by atoms with Gasteiger partial charge in [0.25, 0.3) is 0 Å². The van der Waals surface area contributed by atoms with Crippen molar-refractivity contribution in [3.63, 3.8) is 0 Å². The molecule has 33 heavy (non-hydrogen) atoms. The van der Waals surface area contributed by atoms with Crippen molar-refractivity contribution in [1.82, 2.24) is 30.4 Å². The smallest absolute Gasteiger partial charge is 0.219 e. The van der Waals surface area contributed by atoms with E-state index in [2.05, 4.69) is 37.5 Å². The van der Waals surface area contributed by atoms with Crippen molar-refractivity contribution in [3.05, 3.63) is 66.6 Å². The number of amides is 1. The Morgan fingerprint density at radius 3 is 2.76 bits per heavy atom. The van der Waals surface area contributed by atoms with E-state index in [1.807, 2.05) is 36.4 Å². The van der Waals surface area contributed by atoms with E-state index in [4.69, 9.17) is 9.72 Å². The van der Waals surface area contributed by atoms with Gasteiger partial charge in [-0.3, -0.25) is 19.8 Å². The van der Waals surface area contributed by atoms with Gasteiger partial charge in [0.05, 0.1) is 16.9 Å². The van der Waals surface area contributed by atoms with E-state index < -0.39 is 0 Å². The average Bonchev–Trinajstić information content (AvgIpc) is 3.36. The zero-order valence-electron chi connectivity index (χ0n) is 18.5. The second kappa shape index (κ2) is 9.38. The van der Waals surface area contributed by atoms with Gasteiger partial charge in [0, 0.05) is 62.0 Å². The normalized spacial score (nSPS) is 14.9. The molecule has 8 nitrogen and oxygen atoms in total. The first kappa shape index (κ1) is 21.1. The lowest BCUT2D eigenvalue weighted by molar-refractivity contribution is -0.119. The Morgan fingerprint density at radius 2 is 2.03 bits per heavy atom. The van der Waals surface area contributed by atoms with Crippen LogP contribution in [0.3, 0.4) is 0 Å². The first-order valence-electron chi connectivity index (χ1n) is 11.2. The molecule has 3 aromatic heterocycles. The molecule has 1 amide bonds. The molecular formula is C25H26N6O2. The van der Waals surface area contributed by atoms with Crippen molar-refractivity contribution in [3.8, 4) is 22.9 Å². The molecule has 5 rings (SSSR count). The quantitative estimate of drug-likeness (QED) is 0.470. The molecule has 1 aliphatic heterocycles. The van der Waals surface area contributed by atoms with Gasteiger partial charge in [-0.15, -0.1) is 0 Å². The minimum absolute atomic E-state index is 0.0507. The van der Waals surface area contributed by atoms with Crippen molar-refractivity contribution < 1.29 is 9.53 Å². The van der Waals surface area contributed by atoms with Gasteiger partial charge in [0.2, 0.25) is 11.8 Å². The molecule has 0 bridgehead atoms. The lowest BCUT2D eigenvalue weighted by Gasteiger charge is -2.31. The van der Waals surface area contributed by atoms with Gasteiger partial charge in [0.1, 0.15) is 5.75 Å². The van der Waals surface area contributed by atoms with E-state index in [-0.39, 0.29) is 11.9 Å². The molecule has 4 heterocycles. The summed E-state index contributed by atoms with van der Waals surface area (Å²) in [6.07, 6.45) is 5.49. The summed E-state index contributed by atoms with van der Waals surface area (Å²) < 4.78 is 5.94. The van der Waals surface area contributed by atoms with Crippen molar-refractivity contribution in [2.75, 3.05) is 13.1 Å². The van der Waals surface area contributed by atoms with Gasteiger partial charge in [-0.1, -0.05) is 6.07 Å². The number of carbonyl (C=O) groups excluding carboxylic acids is 1. The number of aromatic nitrogens is 4. The second-order valence-corrected chi connectivity index (χ2v) is 8.35. The Labute approximate surface area is 192 Å². The van der Waals surface area contributed by atoms with Crippen LogP contribution in [0, 0.1) is 0 Å². The topological polar surface area (TPSA) is 96.0 Å². The van der Waals surface area contributed by atoms with Gasteiger partial charge in [-0.2, -0.15) is 5.10 Å². The summed E-state index contributed by atoms with van der Waals surface area (Å²) in [6, 6.07) is 16.0. The van der Waals surface area contributed by atoms with Gasteiger partial charge in [-0.25, -0.2) is 4.98 Å². The van der Waals surface area contributed by atoms with Gasteiger partial charge in [-0.05, 0) is 49.2 Å². The average molecular weight is 443 g/mol. The lowest BCUT2D eigenvalue weighted by atomic mass is 10.0. The zero-order chi connectivity index (χ0) is 22.6. The molecule has 0 unspecified atom stereocenters. The van der Waals surface area contributed by atoms with Crippen LogP contribution in [0.1, 0.15) is 25.5 Å². The summed E-state index contributed by atoms with van der Waals surface area (Å²) in [5.74, 6) is 1.30. The van der Waals surface area contributed by atoms with Gasteiger partial charge < -0.3 is 10.1 Å². The largest absolute Gasteiger partial charge is 0.439 e. The fraction of sp³-hybridized carbons (Fsp3) is 0.280. The summed E-state index contributed by atoms with van der Waals surface area (Å²) in [7, 11) is 0. The highest BCUT2D eigenvalue weighted by atomic mass is 16.5. The van der Waals surface area contributed by atoms with Crippen LogP contribution >= 0.6 is 0 Å². The molecule has 1 saturated heterocycles. The predicted molar refractivity (Wildman–Crippen MR) is 126 cm³/mol. The molecule has 0 spiro atoms. The third-order valence-corrected chi connectivity index (χ3v) is 5.85. The summed E-state index contributed by atoms with van der Waals surface area (Å²) in [5.41, 5.74) is 3.76. The Kier molecular flexibility index (Phi) is 5.99. The zero-order valence-corrected chi connectivity index (χ0v) is 18.5. The van der Waals surface area contributed by atoms with Crippen LogP contribution < -0.4 is 10.1 Å². The molecule has 4 aromatic rings. The van der Waals surface area contributed by atoms with Crippen LogP contribution in [0.5, 0.6) is 11.6 Å². The van der Waals surface area contributed by atoms with E-state index in [0.29, 0.717) is 5.88 Å².